The molecule has 1 N–H and O–H groups in total. The lowest BCUT2D eigenvalue weighted by molar-refractivity contribution is 0.256. The first-order valence-corrected chi connectivity index (χ1v) is 4.74. The van der Waals surface area contributed by atoms with E-state index in [1.165, 1.54) is 0 Å². The maximum Gasteiger partial charge on any atom is 0.108 e. The molecular weight excluding hydrogens is 164 g/mol. The molecule has 1 aromatic rings. The topological polar surface area (TPSA) is 33.4 Å². The van der Waals surface area contributed by atoms with Crippen molar-refractivity contribution >= 4 is 0 Å². The third-order valence-electron chi connectivity index (χ3n) is 3.31. The predicted molar refractivity (Wildman–Crippen MR) is 50.5 cm³/mol. The van der Waals surface area contributed by atoms with E-state index in [2.05, 4.69) is 13.8 Å². The molecule has 1 aromatic heterocycles. The maximum absolute atomic E-state index is 9.14. The highest BCUT2D eigenvalue weighted by molar-refractivity contribution is 5.25. The largest absolute Gasteiger partial charge is 0.466 e. The zero-order chi connectivity index (χ0) is 9.64. The van der Waals surface area contributed by atoms with E-state index in [9.17, 15) is 0 Å². The fourth-order valence-electron chi connectivity index (χ4n) is 2.27. The Hall–Kier alpha value is -0.760. The summed E-state index contributed by atoms with van der Waals surface area (Å²) >= 11 is 0. The lowest BCUT2D eigenvalue weighted by Crippen LogP contribution is -1.93. The first-order valence-electron chi connectivity index (χ1n) is 4.74. The first-order chi connectivity index (χ1) is 6.07. The second-order valence-electron chi connectivity index (χ2n) is 4.54. The van der Waals surface area contributed by atoms with Crippen LogP contribution < -0.4 is 0 Å². The van der Waals surface area contributed by atoms with E-state index >= 15 is 0 Å². The molecule has 0 spiro atoms. The van der Waals surface area contributed by atoms with Crippen LogP contribution in [0.1, 0.15) is 31.3 Å². The van der Waals surface area contributed by atoms with E-state index in [0.29, 0.717) is 11.8 Å². The van der Waals surface area contributed by atoms with Crippen LogP contribution in [0.5, 0.6) is 0 Å². The fourth-order valence-corrected chi connectivity index (χ4v) is 2.27. The van der Waals surface area contributed by atoms with Crippen LogP contribution in [0, 0.1) is 18.3 Å². The minimum atomic E-state index is 0.207. The molecule has 1 aliphatic rings. The van der Waals surface area contributed by atoms with Gasteiger partial charge in [-0.2, -0.15) is 0 Å². The molecule has 2 rings (SSSR count). The molecule has 0 aliphatic heterocycles. The highest BCUT2D eigenvalue weighted by atomic mass is 16.3. The quantitative estimate of drug-likeness (QED) is 0.757. The second-order valence-corrected chi connectivity index (χ2v) is 4.54. The summed E-state index contributed by atoms with van der Waals surface area (Å²) in [4.78, 5) is 0. The summed E-state index contributed by atoms with van der Waals surface area (Å²) in [6.07, 6.45) is 0. The van der Waals surface area contributed by atoms with Crippen LogP contribution in [0.25, 0.3) is 0 Å². The van der Waals surface area contributed by atoms with E-state index in [1.54, 1.807) is 0 Å². The smallest absolute Gasteiger partial charge is 0.108 e. The van der Waals surface area contributed by atoms with Crippen LogP contribution in [-0.4, -0.2) is 11.7 Å². The Morgan fingerprint density at radius 1 is 1.46 bits per heavy atom. The summed E-state index contributed by atoms with van der Waals surface area (Å²) < 4.78 is 5.56. The van der Waals surface area contributed by atoms with Crippen molar-refractivity contribution in [2.45, 2.75) is 26.7 Å². The second kappa shape index (κ2) is 2.61. The standard InChI is InChI=1S/C11H16O2/c1-7-4-5-9(13-7)10-8(6-12)11(10,2)3/h4-5,8,10,12H,6H2,1-3H3. The summed E-state index contributed by atoms with van der Waals surface area (Å²) in [5, 5.41) is 9.14. The monoisotopic (exact) mass is 180 g/mol. The van der Waals surface area contributed by atoms with Crippen LogP contribution in [-0.2, 0) is 0 Å². The molecule has 1 heterocycles. The van der Waals surface area contributed by atoms with Gasteiger partial charge in [-0.25, -0.2) is 0 Å². The minimum absolute atomic E-state index is 0.207. The van der Waals surface area contributed by atoms with E-state index < -0.39 is 0 Å². The van der Waals surface area contributed by atoms with Crippen molar-refractivity contribution in [3.05, 3.63) is 23.7 Å². The van der Waals surface area contributed by atoms with Crippen molar-refractivity contribution in [3.63, 3.8) is 0 Å². The Balaban J connectivity index is 2.21. The highest BCUT2D eigenvalue weighted by Gasteiger charge is 2.59. The molecule has 0 amide bonds. The number of aliphatic hydroxyl groups is 1. The van der Waals surface area contributed by atoms with Crippen molar-refractivity contribution in [2.24, 2.45) is 11.3 Å². The summed E-state index contributed by atoms with van der Waals surface area (Å²) in [5.74, 6) is 2.76. The van der Waals surface area contributed by atoms with E-state index in [1.807, 2.05) is 19.1 Å². The SMILES string of the molecule is Cc1ccc(C2C(CO)C2(C)C)o1. The number of aryl methyl sites for hydroxylation is 1. The Morgan fingerprint density at radius 2 is 2.15 bits per heavy atom. The van der Waals surface area contributed by atoms with Gasteiger partial charge in [0.25, 0.3) is 0 Å². The average molecular weight is 180 g/mol. The van der Waals surface area contributed by atoms with Crippen molar-refractivity contribution in [1.82, 2.24) is 0 Å². The Bertz CT molecular complexity index is 312. The van der Waals surface area contributed by atoms with Gasteiger partial charge in [-0.1, -0.05) is 13.8 Å². The molecule has 13 heavy (non-hydrogen) atoms. The lowest BCUT2D eigenvalue weighted by Gasteiger charge is -1.98. The Labute approximate surface area is 78.6 Å². The van der Waals surface area contributed by atoms with Gasteiger partial charge >= 0.3 is 0 Å². The molecule has 1 saturated carbocycles. The summed E-state index contributed by atoms with van der Waals surface area (Å²) in [6, 6.07) is 4.01. The highest BCUT2D eigenvalue weighted by Crippen LogP contribution is 2.64. The molecule has 1 fully saturated rings. The first kappa shape index (κ1) is 8.82. The van der Waals surface area contributed by atoms with Crippen LogP contribution in [0.4, 0.5) is 0 Å². The third kappa shape index (κ3) is 1.20. The van der Waals surface area contributed by atoms with Crippen molar-refractivity contribution in [3.8, 4) is 0 Å². The molecule has 0 saturated heterocycles. The molecule has 2 atom stereocenters. The molecule has 72 valence electrons. The molecule has 0 aromatic carbocycles. The number of rotatable bonds is 2. The zero-order valence-corrected chi connectivity index (χ0v) is 8.37. The van der Waals surface area contributed by atoms with Crippen LogP contribution in [0.15, 0.2) is 16.5 Å². The van der Waals surface area contributed by atoms with E-state index in [-0.39, 0.29) is 12.0 Å². The van der Waals surface area contributed by atoms with Gasteiger partial charge in [0.05, 0.1) is 0 Å². The van der Waals surface area contributed by atoms with Crippen LogP contribution >= 0.6 is 0 Å². The summed E-state index contributed by atoms with van der Waals surface area (Å²) in [6.45, 7) is 6.57. The van der Waals surface area contributed by atoms with Crippen LogP contribution in [0.2, 0.25) is 0 Å². The third-order valence-corrected chi connectivity index (χ3v) is 3.31. The Morgan fingerprint density at radius 3 is 2.54 bits per heavy atom. The van der Waals surface area contributed by atoms with Gasteiger partial charge in [-0.15, -0.1) is 0 Å². The fraction of sp³-hybridized carbons (Fsp3) is 0.636. The average Bonchev–Trinajstić information content (AvgIpc) is 2.41. The summed E-state index contributed by atoms with van der Waals surface area (Å²) in [5.41, 5.74) is 0.207. The normalized spacial score (nSPS) is 30.5. The number of hydrogen-bond donors (Lipinski definition) is 1. The molecule has 2 unspecified atom stereocenters. The number of aliphatic hydroxyl groups excluding tert-OH is 1. The minimum Gasteiger partial charge on any atom is -0.466 e. The van der Waals surface area contributed by atoms with Crippen molar-refractivity contribution < 1.29 is 9.52 Å². The lowest BCUT2D eigenvalue weighted by atomic mass is 10.1. The predicted octanol–water partition coefficient (Wildman–Crippen LogP) is 2.32. The molecule has 0 bridgehead atoms. The van der Waals surface area contributed by atoms with Crippen molar-refractivity contribution in [1.29, 1.82) is 0 Å². The van der Waals surface area contributed by atoms with Gasteiger partial charge in [0.15, 0.2) is 0 Å². The van der Waals surface area contributed by atoms with E-state index in [4.69, 9.17) is 9.52 Å². The molecule has 1 aliphatic carbocycles. The molecule has 2 heteroatoms. The molecule has 2 nitrogen and oxygen atoms in total. The summed E-state index contributed by atoms with van der Waals surface area (Å²) in [7, 11) is 0. The molecule has 0 radical (unpaired) electrons. The zero-order valence-electron chi connectivity index (χ0n) is 8.37. The van der Waals surface area contributed by atoms with Gasteiger partial charge in [0.2, 0.25) is 0 Å². The number of furan rings is 1. The van der Waals surface area contributed by atoms with Gasteiger partial charge in [-0.05, 0) is 30.4 Å². The number of hydrogen-bond acceptors (Lipinski definition) is 2. The van der Waals surface area contributed by atoms with Crippen LogP contribution in [0.3, 0.4) is 0 Å². The van der Waals surface area contributed by atoms with Crippen molar-refractivity contribution in [2.75, 3.05) is 6.61 Å². The van der Waals surface area contributed by atoms with Gasteiger partial charge < -0.3 is 9.52 Å². The molecular formula is C11H16O2. The van der Waals surface area contributed by atoms with E-state index in [0.717, 1.165) is 11.5 Å². The maximum atomic E-state index is 9.14. The van der Waals surface area contributed by atoms with Gasteiger partial charge in [-0.3, -0.25) is 0 Å². The Kier molecular flexibility index (Phi) is 1.77. The van der Waals surface area contributed by atoms with Gasteiger partial charge in [0.1, 0.15) is 11.5 Å². The van der Waals surface area contributed by atoms with Gasteiger partial charge in [0, 0.05) is 12.5 Å².